The molecule has 0 atom stereocenters. The molecule has 1 aromatic carbocycles. The lowest BCUT2D eigenvalue weighted by molar-refractivity contribution is -0.136. The molecule has 3 aliphatic heterocycles. The Morgan fingerprint density at radius 2 is 1.64 bits per heavy atom. The van der Waals surface area contributed by atoms with Crippen LogP contribution in [-0.4, -0.2) is 87.4 Å². The van der Waals surface area contributed by atoms with Crippen molar-refractivity contribution in [2.24, 2.45) is 0 Å². The zero-order valence-corrected chi connectivity index (χ0v) is 21.5. The fourth-order valence-electron chi connectivity index (χ4n) is 6.34. The Kier molecular flexibility index (Phi) is 7.67. The number of rotatable bonds is 8. The summed E-state index contributed by atoms with van der Waals surface area (Å²) in [4.78, 5) is 40.5. The zero-order chi connectivity index (χ0) is 25.0. The first-order chi connectivity index (χ1) is 17.6. The summed E-state index contributed by atoms with van der Waals surface area (Å²) in [7, 11) is 0. The second-order valence-corrected chi connectivity index (χ2v) is 10.5. The number of piperidine rings is 2. The molecule has 1 aromatic heterocycles. The van der Waals surface area contributed by atoms with Crippen LogP contribution in [-0.2, 0) is 17.8 Å². The highest BCUT2D eigenvalue weighted by Gasteiger charge is 2.58. The Bertz CT molecular complexity index is 1010. The Balaban J connectivity index is 1.30. The van der Waals surface area contributed by atoms with Crippen LogP contribution in [0.4, 0.5) is 4.79 Å². The van der Waals surface area contributed by atoms with Crippen LogP contribution in [0.15, 0.2) is 54.7 Å². The number of likely N-dealkylation sites (tertiary alicyclic amines) is 2. The molecule has 3 saturated heterocycles. The van der Waals surface area contributed by atoms with Crippen LogP contribution in [0.1, 0.15) is 50.3 Å². The number of pyridine rings is 1. The summed E-state index contributed by atoms with van der Waals surface area (Å²) in [6.07, 6.45) is 7.49. The molecule has 0 bridgehead atoms. The Hall–Kier alpha value is -2.77. The summed E-state index contributed by atoms with van der Waals surface area (Å²) in [6.45, 7) is 8.31. The van der Waals surface area contributed by atoms with E-state index in [9.17, 15) is 9.59 Å². The zero-order valence-electron chi connectivity index (χ0n) is 21.5. The fourth-order valence-corrected chi connectivity index (χ4v) is 6.34. The fraction of sp³-hybridized carbons (Fsp3) is 0.552. The van der Waals surface area contributed by atoms with E-state index in [1.165, 1.54) is 49.4 Å². The van der Waals surface area contributed by atoms with Gasteiger partial charge in [-0.3, -0.25) is 14.7 Å². The second-order valence-electron chi connectivity index (χ2n) is 10.5. The lowest BCUT2D eigenvalue weighted by Crippen LogP contribution is -2.59. The third kappa shape index (κ3) is 5.04. The summed E-state index contributed by atoms with van der Waals surface area (Å²) in [6, 6.07) is 16.3. The van der Waals surface area contributed by atoms with Gasteiger partial charge in [-0.05, 0) is 75.9 Å². The average Bonchev–Trinajstić information content (AvgIpc) is 3.10. The van der Waals surface area contributed by atoms with E-state index >= 15 is 0 Å². The standard InChI is InChI=1S/C29H39N5O2/c1-2-17-31-18-12-26(13-19-31)32-21-14-29(15-22-32)27(35)33(23-25-10-6-7-16-30-25)28(36)34(29)20-11-24-8-4-3-5-9-24/h3-10,16,26H,2,11-15,17-23H2,1H3. The van der Waals surface area contributed by atoms with Crippen molar-refractivity contribution in [1.82, 2.24) is 24.6 Å². The van der Waals surface area contributed by atoms with Crippen molar-refractivity contribution in [2.75, 3.05) is 39.3 Å². The van der Waals surface area contributed by atoms with E-state index in [4.69, 9.17) is 0 Å². The molecule has 7 nitrogen and oxygen atoms in total. The molecule has 3 amide bonds. The third-order valence-electron chi connectivity index (χ3n) is 8.37. The molecule has 192 valence electrons. The third-order valence-corrected chi connectivity index (χ3v) is 8.37. The molecule has 4 heterocycles. The molecule has 0 radical (unpaired) electrons. The van der Waals surface area contributed by atoms with Crippen molar-refractivity contribution < 1.29 is 9.59 Å². The number of hydrogen-bond donors (Lipinski definition) is 0. The molecular weight excluding hydrogens is 450 g/mol. The molecule has 0 unspecified atom stereocenters. The molecule has 36 heavy (non-hydrogen) atoms. The highest BCUT2D eigenvalue weighted by Crippen LogP contribution is 2.39. The average molecular weight is 490 g/mol. The van der Waals surface area contributed by atoms with Gasteiger partial charge in [0, 0.05) is 31.9 Å². The SMILES string of the molecule is CCCN1CCC(N2CCC3(CC2)C(=O)N(Cc2ccccn2)C(=O)N3CCc2ccccc2)CC1. The smallest absolute Gasteiger partial charge is 0.309 e. The predicted molar refractivity (Wildman–Crippen MR) is 140 cm³/mol. The Morgan fingerprint density at radius 1 is 0.917 bits per heavy atom. The van der Waals surface area contributed by atoms with Crippen LogP contribution in [0, 0.1) is 0 Å². The normalized spacial score (nSPS) is 21.6. The number of benzene rings is 1. The van der Waals surface area contributed by atoms with Crippen LogP contribution in [0.5, 0.6) is 0 Å². The summed E-state index contributed by atoms with van der Waals surface area (Å²) in [5.41, 5.74) is 1.20. The summed E-state index contributed by atoms with van der Waals surface area (Å²) in [5, 5.41) is 0. The number of amides is 3. The number of carbonyl (C=O) groups is 2. The van der Waals surface area contributed by atoms with Crippen LogP contribution < -0.4 is 0 Å². The van der Waals surface area contributed by atoms with Crippen LogP contribution in [0.3, 0.4) is 0 Å². The van der Waals surface area contributed by atoms with Gasteiger partial charge in [0.1, 0.15) is 5.54 Å². The minimum Gasteiger partial charge on any atom is -0.309 e. The number of carbonyl (C=O) groups excluding carboxylic acids is 2. The monoisotopic (exact) mass is 489 g/mol. The number of aromatic nitrogens is 1. The largest absolute Gasteiger partial charge is 0.328 e. The van der Waals surface area contributed by atoms with Crippen molar-refractivity contribution in [3.8, 4) is 0 Å². The minimum absolute atomic E-state index is 0.0383. The number of imide groups is 1. The lowest BCUT2D eigenvalue weighted by atomic mass is 9.84. The van der Waals surface area contributed by atoms with E-state index in [2.05, 4.69) is 33.8 Å². The molecule has 0 N–H and O–H groups in total. The van der Waals surface area contributed by atoms with Gasteiger partial charge in [0.25, 0.3) is 5.91 Å². The maximum Gasteiger partial charge on any atom is 0.328 e. The summed E-state index contributed by atoms with van der Waals surface area (Å²) in [5.74, 6) is -0.0383. The van der Waals surface area contributed by atoms with Crippen molar-refractivity contribution in [2.45, 2.75) is 63.6 Å². The molecule has 2 aromatic rings. The van der Waals surface area contributed by atoms with Crippen molar-refractivity contribution in [3.05, 3.63) is 66.0 Å². The van der Waals surface area contributed by atoms with Gasteiger partial charge in [-0.2, -0.15) is 0 Å². The van der Waals surface area contributed by atoms with Crippen LogP contribution >= 0.6 is 0 Å². The predicted octanol–water partition coefficient (Wildman–Crippen LogP) is 3.80. The maximum atomic E-state index is 13.9. The van der Waals surface area contributed by atoms with Gasteiger partial charge in [0.2, 0.25) is 0 Å². The maximum absolute atomic E-state index is 13.9. The van der Waals surface area contributed by atoms with E-state index < -0.39 is 5.54 Å². The molecule has 1 spiro atoms. The van der Waals surface area contributed by atoms with E-state index in [0.29, 0.717) is 25.4 Å². The number of urea groups is 1. The Labute approximate surface area is 215 Å². The van der Waals surface area contributed by atoms with Gasteiger partial charge in [-0.15, -0.1) is 0 Å². The minimum atomic E-state index is -0.736. The highest BCUT2D eigenvalue weighted by molar-refractivity contribution is 6.07. The quantitative estimate of drug-likeness (QED) is 0.528. The molecule has 3 fully saturated rings. The van der Waals surface area contributed by atoms with E-state index in [1.807, 2.05) is 41.3 Å². The van der Waals surface area contributed by atoms with Gasteiger partial charge >= 0.3 is 6.03 Å². The summed E-state index contributed by atoms with van der Waals surface area (Å²) >= 11 is 0. The number of nitrogens with zero attached hydrogens (tertiary/aromatic N) is 5. The summed E-state index contributed by atoms with van der Waals surface area (Å²) < 4.78 is 0. The van der Waals surface area contributed by atoms with E-state index in [1.54, 1.807) is 6.20 Å². The van der Waals surface area contributed by atoms with Gasteiger partial charge < -0.3 is 14.7 Å². The van der Waals surface area contributed by atoms with E-state index in [0.717, 1.165) is 25.2 Å². The first-order valence-corrected chi connectivity index (χ1v) is 13.6. The molecular formula is C29H39N5O2. The first kappa shape index (κ1) is 24.9. The van der Waals surface area contributed by atoms with Crippen molar-refractivity contribution >= 4 is 11.9 Å². The molecule has 7 heteroatoms. The lowest BCUT2D eigenvalue weighted by Gasteiger charge is -2.46. The molecule has 5 rings (SSSR count). The van der Waals surface area contributed by atoms with Gasteiger partial charge in [-0.25, -0.2) is 4.79 Å². The van der Waals surface area contributed by atoms with Crippen molar-refractivity contribution in [3.63, 3.8) is 0 Å². The topological polar surface area (TPSA) is 60.0 Å². The molecule has 0 aliphatic carbocycles. The molecule has 3 aliphatic rings. The van der Waals surface area contributed by atoms with Gasteiger partial charge in [0.15, 0.2) is 0 Å². The second kappa shape index (κ2) is 11.1. The van der Waals surface area contributed by atoms with Gasteiger partial charge in [-0.1, -0.05) is 43.3 Å². The van der Waals surface area contributed by atoms with Crippen LogP contribution in [0.2, 0.25) is 0 Å². The van der Waals surface area contributed by atoms with Crippen molar-refractivity contribution in [1.29, 1.82) is 0 Å². The molecule has 0 saturated carbocycles. The van der Waals surface area contributed by atoms with E-state index in [-0.39, 0.29) is 18.5 Å². The Morgan fingerprint density at radius 3 is 2.31 bits per heavy atom. The number of hydrogen-bond acceptors (Lipinski definition) is 5. The van der Waals surface area contributed by atoms with Crippen LogP contribution in [0.25, 0.3) is 0 Å². The highest BCUT2D eigenvalue weighted by atomic mass is 16.2. The van der Waals surface area contributed by atoms with Gasteiger partial charge in [0.05, 0.1) is 12.2 Å². The first-order valence-electron chi connectivity index (χ1n) is 13.6.